The molecule has 0 saturated heterocycles. The van der Waals surface area contributed by atoms with Gasteiger partial charge < -0.3 is 19.4 Å². The fraction of sp³-hybridized carbons (Fsp3) is 0.353. The average Bonchev–Trinajstić information content (AvgIpc) is 2.50. The lowest BCUT2D eigenvalue weighted by Gasteiger charge is -2.12. The molecule has 0 unspecified atom stereocenters. The Morgan fingerprint density at radius 2 is 1.96 bits per heavy atom. The highest BCUT2D eigenvalue weighted by molar-refractivity contribution is 6.06. The van der Waals surface area contributed by atoms with Crippen LogP contribution in [-0.4, -0.2) is 43.5 Å². The Labute approximate surface area is 139 Å². The average molecular weight is 332 g/mol. The number of rotatable bonds is 5. The zero-order valence-corrected chi connectivity index (χ0v) is 14.1. The number of hydrogen-bond acceptors (Lipinski definition) is 5. The lowest BCUT2D eigenvalue weighted by Crippen LogP contribution is -2.36. The minimum Gasteiger partial charge on any atom is -0.491 e. The van der Waals surface area contributed by atoms with Crippen LogP contribution in [0.2, 0.25) is 0 Å². The Kier molecular flexibility index (Phi) is 5.23. The minimum absolute atomic E-state index is 0.0299. The van der Waals surface area contributed by atoms with E-state index >= 15 is 0 Å². The second-order valence-corrected chi connectivity index (χ2v) is 5.77. The third-order valence-corrected chi connectivity index (χ3v) is 3.23. The number of nitrogens with one attached hydrogen (secondary N) is 1. The van der Waals surface area contributed by atoms with Crippen molar-refractivity contribution in [1.82, 2.24) is 10.2 Å². The van der Waals surface area contributed by atoms with Crippen LogP contribution in [0.1, 0.15) is 24.2 Å². The van der Waals surface area contributed by atoms with Crippen molar-refractivity contribution in [3.63, 3.8) is 0 Å². The van der Waals surface area contributed by atoms with E-state index < -0.39 is 11.5 Å². The summed E-state index contributed by atoms with van der Waals surface area (Å²) in [5, 5.41) is 2.98. The molecule has 0 aliphatic heterocycles. The van der Waals surface area contributed by atoms with E-state index in [0.717, 1.165) is 6.07 Å². The predicted octanol–water partition coefficient (Wildman–Crippen LogP) is 1.40. The number of likely N-dealkylation sites (N-methyl/N-ethyl adjacent to an activating group) is 1. The molecule has 0 aliphatic carbocycles. The summed E-state index contributed by atoms with van der Waals surface area (Å²) in [7, 11) is 3.19. The predicted molar refractivity (Wildman–Crippen MR) is 89.3 cm³/mol. The number of amides is 2. The molecular formula is C17H20N2O5. The topological polar surface area (TPSA) is 88.9 Å². The molecule has 2 rings (SSSR count). The number of benzene rings is 1. The first kappa shape index (κ1) is 17.5. The van der Waals surface area contributed by atoms with Crippen molar-refractivity contribution in [3.05, 3.63) is 40.2 Å². The standard InChI is InChI=1S/C17H20N2O5/c1-10(2)23-11-5-6-12-13(8-16(21)24-14(12)7-11)17(22)18-9-15(20)19(3)4/h5-8,10H,9H2,1-4H3,(H,18,22). The van der Waals surface area contributed by atoms with Crippen LogP contribution in [0.5, 0.6) is 5.75 Å². The highest BCUT2D eigenvalue weighted by atomic mass is 16.5. The third-order valence-electron chi connectivity index (χ3n) is 3.23. The first-order valence-electron chi connectivity index (χ1n) is 7.51. The number of ether oxygens (including phenoxy) is 1. The molecule has 0 fully saturated rings. The lowest BCUT2D eigenvalue weighted by atomic mass is 10.1. The van der Waals surface area contributed by atoms with Crippen LogP contribution in [0.3, 0.4) is 0 Å². The molecule has 128 valence electrons. The fourth-order valence-electron chi connectivity index (χ4n) is 2.09. The van der Waals surface area contributed by atoms with E-state index in [2.05, 4.69) is 5.32 Å². The van der Waals surface area contributed by atoms with E-state index in [1.54, 1.807) is 32.3 Å². The molecule has 0 saturated carbocycles. The summed E-state index contributed by atoms with van der Waals surface area (Å²) in [5.41, 5.74) is -0.234. The van der Waals surface area contributed by atoms with Crippen LogP contribution < -0.4 is 15.7 Å². The van der Waals surface area contributed by atoms with Crippen molar-refractivity contribution in [2.24, 2.45) is 0 Å². The van der Waals surface area contributed by atoms with E-state index in [9.17, 15) is 14.4 Å². The van der Waals surface area contributed by atoms with Crippen LogP contribution in [-0.2, 0) is 4.79 Å². The van der Waals surface area contributed by atoms with Crippen molar-refractivity contribution >= 4 is 22.8 Å². The summed E-state index contributed by atoms with van der Waals surface area (Å²) >= 11 is 0. The Hall–Kier alpha value is -2.83. The SMILES string of the molecule is CC(C)Oc1ccc2c(C(=O)NCC(=O)N(C)C)cc(=O)oc2c1. The summed E-state index contributed by atoms with van der Waals surface area (Å²) < 4.78 is 10.7. The van der Waals surface area contributed by atoms with E-state index in [4.69, 9.17) is 9.15 Å². The maximum Gasteiger partial charge on any atom is 0.337 e. The third kappa shape index (κ3) is 4.13. The second kappa shape index (κ2) is 7.16. The van der Waals surface area contributed by atoms with E-state index in [1.807, 2.05) is 13.8 Å². The molecule has 24 heavy (non-hydrogen) atoms. The Morgan fingerprint density at radius 3 is 2.58 bits per heavy atom. The molecule has 1 aromatic heterocycles. The summed E-state index contributed by atoms with van der Waals surface area (Å²) in [4.78, 5) is 37.0. The van der Waals surface area contributed by atoms with Gasteiger partial charge >= 0.3 is 5.63 Å². The van der Waals surface area contributed by atoms with Gasteiger partial charge in [-0.3, -0.25) is 9.59 Å². The van der Waals surface area contributed by atoms with Crippen LogP contribution >= 0.6 is 0 Å². The van der Waals surface area contributed by atoms with E-state index in [1.165, 1.54) is 4.90 Å². The molecule has 1 heterocycles. The van der Waals surface area contributed by atoms with Gasteiger partial charge in [0.15, 0.2) is 0 Å². The zero-order chi connectivity index (χ0) is 17.9. The molecule has 7 heteroatoms. The fourth-order valence-corrected chi connectivity index (χ4v) is 2.09. The van der Waals surface area contributed by atoms with Gasteiger partial charge in [-0.1, -0.05) is 0 Å². The van der Waals surface area contributed by atoms with Gasteiger partial charge in [-0.15, -0.1) is 0 Å². The number of fused-ring (bicyclic) bond motifs is 1. The minimum atomic E-state index is -0.645. The van der Waals surface area contributed by atoms with Crippen LogP contribution in [0.15, 0.2) is 33.5 Å². The molecule has 0 bridgehead atoms. The smallest absolute Gasteiger partial charge is 0.337 e. The van der Waals surface area contributed by atoms with Gasteiger partial charge in [-0.2, -0.15) is 0 Å². The zero-order valence-electron chi connectivity index (χ0n) is 14.1. The van der Waals surface area contributed by atoms with Crippen molar-refractivity contribution in [2.45, 2.75) is 20.0 Å². The van der Waals surface area contributed by atoms with Gasteiger partial charge in [-0.25, -0.2) is 4.79 Å². The second-order valence-electron chi connectivity index (χ2n) is 5.77. The number of carbonyl (C=O) groups is 2. The van der Waals surface area contributed by atoms with E-state index in [-0.39, 0.29) is 29.7 Å². The van der Waals surface area contributed by atoms with Gasteiger partial charge in [0.2, 0.25) is 5.91 Å². The highest BCUT2D eigenvalue weighted by Crippen LogP contribution is 2.23. The van der Waals surface area contributed by atoms with Gasteiger partial charge in [0, 0.05) is 31.6 Å². The quantitative estimate of drug-likeness (QED) is 0.836. The van der Waals surface area contributed by atoms with Crippen molar-refractivity contribution in [1.29, 1.82) is 0 Å². The van der Waals surface area contributed by atoms with Crippen molar-refractivity contribution in [2.75, 3.05) is 20.6 Å². The summed E-state index contributed by atoms with van der Waals surface area (Å²) in [6.07, 6.45) is -0.0299. The molecule has 1 aromatic carbocycles. The van der Waals surface area contributed by atoms with Crippen molar-refractivity contribution < 1.29 is 18.7 Å². The molecule has 7 nitrogen and oxygen atoms in total. The van der Waals surface area contributed by atoms with Gasteiger partial charge in [-0.05, 0) is 26.0 Å². The maximum atomic E-state index is 12.3. The first-order valence-corrected chi connectivity index (χ1v) is 7.51. The summed E-state index contributed by atoms with van der Waals surface area (Å²) in [5.74, 6) is -0.218. The van der Waals surface area contributed by atoms with Crippen LogP contribution in [0, 0.1) is 0 Å². The highest BCUT2D eigenvalue weighted by Gasteiger charge is 2.15. The first-order chi connectivity index (χ1) is 11.3. The summed E-state index contributed by atoms with van der Waals surface area (Å²) in [6.45, 7) is 3.61. The van der Waals surface area contributed by atoms with Crippen LogP contribution in [0.25, 0.3) is 11.0 Å². The molecule has 0 atom stereocenters. The Morgan fingerprint density at radius 1 is 1.25 bits per heavy atom. The molecule has 0 spiro atoms. The Bertz CT molecular complexity index is 823. The maximum absolute atomic E-state index is 12.3. The van der Waals surface area contributed by atoms with E-state index in [0.29, 0.717) is 11.1 Å². The van der Waals surface area contributed by atoms with Gasteiger partial charge in [0.1, 0.15) is 11.3 Å². The monoisotopic (exact) mass is 332 g/mol. The van der Waals surface area contributed by atoms with Crippen molar-refractivity contribution in [3.8, 4) is 5.75 Å². The molecule has 0 radical (unpaired) electrons. The molecule has 1 N–H and O–H groups in total. The molecular weight excluding hydrogens is 312 g/mol. The largest absolute Gasteiger partial charge is 0.491 e. The normalized spacial score (nSPS) is 10.7. The number of carbonyl (C=O) groups excluding carboxylic acids is 2. The number of hydrogen-bond donors (Lipinski definition) is 1. The Balaban J connectivity index is 2.34. The number of nitrogens with zero attached hydrogens (tertiary/aromatic N) is 1. The molecule has 0 aliphatic rings. The van der Waals surface area contributed by atoms with Gasteiger partial charge in [0.05, 0.1) is 18.2 Å². The summed E-state index contributed by atoms with van der Waals surface area (Å²) in [6, 6.07) is 6.03. The molecule has 2 amide bonds. The molecule has 2 aromatic rings. The lowest BCUT2D eigenvalue weighted by molar-refractivity contribution is -0.127. The van der Waals surface area contributed by atoms with Gasteiger partial charge in [0.25, 0.3) is 5.91 Å². The van der Waals surface area contributed by atoms with Crippen LogP contribution in [0.4, 0.5) is 0 Å².